The van der Waals surface area contributed by atoms with Crippen molar-refractivity contribution < 1.29 is 9.13 Å². The predicted octanol–water partition coefficient (Wildman–Crippen LogP) is 2.44. The molecule has 0 amide bonds. The fourth-order valence-corrected chi connectivity index (χ4v) is 2.31. The molecule has 0 bridgehead atoms. The molecule has 0 radical (unpaired) electrons. The van der Waals surface area contributed by atoms with Gasteiger partial charge in [0.2, 0.25) is 0 Å². The van der Waals surface area contributed by atoms with Crippen LogP contribution in [0.3, 0.4) is 0 Å². The number of aryl methyl sites for hydroxylation is 1. The average Bonchev–Trinajstić information content (AvgIpc) is 2.90. The van der Waals surface area contributed by atoms with Crippen molar-refractivity contribution in [2.45, 2.75) is 0 Å². The minimum absolute atomic E-state index is 0.0193. The summed E-state index contributed by atoms with van der Waals surface area (Å²) in [6, 6.07) is 2.26. The fraction of sp³-hybridized carbons (Fsp3) is 0.143. The van der Waals surface area contributed by atoms with Gasteiger partial charge in [-0.3, -0.25) is 4.79 Å². The Balaban J connectivity index is 2.15. The Morgan fingerprint density at radius 3 is 2.92 bits per heavy atom. The first kappa shape index (κ1) is 16.4. The standard InChI is InChI=1S/C14H10Cl2FN5O2/c1-7(15)6-24-12-4-11(10(17)3-9(12)16)22-14(23)8-5-18-21(2)13(8)19-20-22/h3-5H,1,6H2,2H3. The highest BCUT2D eigenvalue weighted by Crippen LogP contribution is 2.29. The Morgan fingerprint density at radius 2 is 2.21 bits per heavy atom. The Bertz CT molecular complexity index is 1010. The molecule has 7 nitrogen and oxygen atoms in total. The van der Waals surface area contributed by atoms with Crippen LogP contribution in [0.1, 0.15) is 0 Å². The Morgan fingerprint density at radius 1 is 1.46 bits per heavy atom. The first-order chi connectivity index (χ1) is 11.4. The zero-order valence-electron chi connectivity index (χ0n) is 12.3. The average molecular weight is 370 g/mol. The zero-order chi connectivity index (χ0) is 17.4. The molecule has 0 saturated carbocycles. The van der Waals surface area contributed by atoms with Crippen molar-refractivity contribution in [3.63, 3.8) is 0 Å². The maximum absolute atomic E-state index is 14.3. The van der Waals surface area contributed by atoms with Gasteiger partial charge >= 0.3 is 0 Å². The lowest BCUT2D eigenvalue weighted by Crippen LogP contribution is -2.23. The number of halogens is 3. The summed E-state index contributed by atoms with van der Waals surface area (Å²) in [6.07, 6.45) is 1.34. The van der Waals surface area contributed by atoms with Crippen LogP contribution in [-0.2, 0) is 7.05 Å². The van der Waals surface area contributed by atoms with E-state index in [1.807, 2.05) is 0 Å². The molecule has 0 aliphatic rings. The topological polar surface area (TPSA) is 74.8 Å². The molecule has 0 fully saturated rings. The monoisotopic (exact) mass is 369 g/mol. The second-order valence-corrected chi connectivity index (χ2v) is 5.79. The number of ether oxygens (including phenoxy) is 1. The summed E-state index contributed by atoms with van der Waals surface area (Å²) in [7, 11) is 1.62. The Hall–Kier alpha value is -2.45. The lowest BCUT2D eigenvalue weighted by atomic mass is 10.2. The highest BCUT2D eigenvalue weighted by molar-refractivity contribution is 6.32. The molecule has 0 N–H and O–H groups in total. The minimum Gasteiger partial charge on any atom is -0.486 e. The molecular formula is C14H10Cl2FN5O2. The molecule has 0 aliphatic heterocycles. The summed E-state index contributed by atoms with van der Waals surface area (Å²) in [6.45, 7) is 3.47. The summed E-state index contributed by atoms with van der Waals surface area (Å²) < 4.78 is 21.8. The van der Waals surface area contributed by atoms with Crippen molar-refractivity contribution in [3.8, 4) is 11.4 Å². The first-order valence-corrected chi connectivity index (χ1v) is 7.37. The molecule has 124 valence electrons. The Labute approximate surface area is 144 Å². The number of nitrogens with zero attached hydrogens (tertiary/aromatic N) is 5. The van der Waals surface area contributed by atoms with Crippen LogP contribution in [0.5, 0.6) is 5.75 Å². The predicted molar refractivity (Wildman–Crippen MR) is 87.4 cm³/mol. The van der Waals surface area contributed by atoms with Crippen LogP contribution in [0.4, 0.5) is 4.39 Å². The van der Waals surface area contributed by atoms with Gasteiger partial charge in [-0.1, -0.05) is 35.0 Å². The summed E-state index contributed by atoms with van der Waals surface area (Å²) in [5, 5.41) is 12.0. The van der Waals surface area contributed by atoms with Crippen LogP contribution in [0.15, 0.2) is 34.7 Å². The molecule has 0 saturated heterocycles. The van der Waals surface area contributed by atoms with Crippen molar-refractivity contribution in [1.82, 2.24) is 24.8 Å². The third kappa shape index (κ3) is 2.85. The van der Waals surface area contributed by atoms with Gasteiger partial charge in [-0.05, 0) is 6.07 Å². The SMILES string of the molecule is C=C(Cl)COc1cc(-n2nnc3c(cnn3C)c2=O)c(F)cc1Cl. The number of fused-ring (bicyclic) bond motifs is 1. The van der Waals surface area contributed by atoms with Gasteiger partial charge in [0.25, 0.3) is 5.56 Å². The number of hydrogen-bond acceptors (Lipinski definition) is 5. The fourth-order valence-electron chi connectivity index (χ4n) is 2.05. The van der Waals surface area contributed by atoms with Crippen LogP contribution in [0, 0.1) is 5.82 Å². The van der Waals surface area contributed by atoms with Crippen LogP contribution < -0.4 is 10.3 Å². The third-order valence-electron chi connectivity index (χ3n) is 3.17. The van der Waals surface area contributed by atoms with E-state index < -0.39 is 11.4 Å². The molecule has 0 atom stereocenters. The van der Waals surface area contributed by atoms with E-state index in [1.165, 1.54) is 16.9 Å². The lowest BCUT2D eigenvalue weighted by Gasteiger charge is -2.11. The van der Waals surface area contributed by atoms with Gasteiger partial charge in [0.1, 0.15) is 23.4 Å². The van der Waals surface area contributed by atoms with Crippen molar-refractivity contribution in [2.24, 2.45) is 7.05 Å². The number of rotatable bonds is 4. The van der Waals surface area contributed by atoms with E-state index >= 15 is 0 Å². The highest BCUT2D eigenvalue weighted by Gasteiger charge is 2.17. The van der Waals surface area contributed by atoms with Gasteiger partial charge in [-0.25, -0.2) is 9.07 Å². The summed E-state index contributed by atoms with van der Waals surface area (Å²) >= 11 is 11.6. The zero-order valence-corrected chi connectivity index (χ0v) is 13.8. The second-order valence-electron chi connectivity index (χ2n) is 4.85. The molecule has 2 heterocycles. The van der Waals surface area contributed by atoms with Crippen LogP contribution in [0.25, 0.3) is 16.7 Å². The third-order valence-corrected chi connectivity index (χ3v) is 3.58. The van der Waals surface area contributed by atoms with Gasteiger partial charge in [0.15, 0.2) is 11.5 Å². The van der Waals surface area contributed by atoms with Crippen molar-refractivity contribution >= 4 is 34.2 Å². The largest absolute Gasteiger partial charge is 0.486 e. The molecule has 3 rings (SSSR count). The molecule has 2 aromatic heterocycles. The van der Waals surface area contributed by atoms with E-state index in [4.69, 9.17) is 27.9 Å². The normalized spacial score (nSPS) is 11.0. The van der Waals surface area contributed by atoms with Gasteiger partial charge in [0, 0.05) is 18.1 Å². The van der Waals surface area contributed by atoms with Crippen molar-refractivity contribution in [2.75, 3.05) is 6.61 Å². The van der Waals surface area contributed by atoms with Gasteiger partial charge in [0.05, 0.1) is 11.2 Å². The summed E-state index contributed by atoms with van der Waals surface area (Å²) in [5.41, 5.74) is -0.430. The van der Waals surface area contributed by atoms with Gasteiger partial charge < -0.3 is 4.74 Å². The molecule has 0 aliphatic carbocycles. The van der Waals surface area contributed by atoms with Crippen LogP contribution in [-0.4, -0.2) is 31.4 Å². The quantitative estimate of drug-likeness (QED) is 0.705. The number of hydrogen-bond donors (Lipinski definition) is 0. The maximum Gasteiger partial charge on any atom is 0.285 e. The van der Waals surface area contributed by atoms with Crippen molar-refractivity contribution in [1.29, 1.82) is 0 Å². The van der Waals surface area contributed by atoms with Gasteiger partial charge in [-0.15, -0.1) is 5.10 Å². The molecule has 0 spiro atoms. The van der Waals surface area contributed by atoms with Crippen LogP contribution >= 0.6 is 23.2 Å². The molecule has 3 aromatic rings. The van der Waals surface area contributed by atoms with E-state index in [0.29, 0.717) is 5.65 Å². The lowest BCUT2D eigenvalue weighted by molar-refractivity contribution is 0.358. The van der Waals surface area contributed by atoms with Gasteiger partial charge in [-0.2, -0.15) is 9.78 Å². The van der Waals surface area contributed by atoms with E-state index in [2.05, 4.69) is 22.0 Å². The maximum atomic E-state index is 14.3. The number of benzene rings is 1. The second kappa shape index (κ2) is 6.21. The Kier molecular flexibility index (Phi) is 4.25. The molecule has 1 aromatic carbocycles. The van der Waals surface area contributed by atoms with E-state index in [0.717, 1.165) is 10.7 Å². The summed E-state index contributed by atoms with van der Waals surface area (Å²) in [5.74, 6) is -0.619. The molecule has 24 heavy (non-hydrogen) atoms. The van der Waals surface area contributed by atoms with E-state index in [-0.39, 0.29) is 33.5 Å². The smallest absolute Gasteiger partial charge is 0.285 e. The number of aromatic nitrogens is 5. The van der Waals surface area contributed by atoms with E-state index in [9.17, 15) is 9.18 Å². The first-order valence-electron chi connectivity index (χ1n) is 6.61. The molecule has 10 heteroatoms. The van der Waals surface area contributed by atoms with Crippen molar-refractivity contribution in [3.05, 3.63) is 51.1 Å². The summed E-state index contributed by atoms with van der Waals surface area (Å²) in [4.78, 5) is 12.5. The molecule has 0 unspecified atom stereocenters. The molecular weight excluding hydrogens is 360 g/mol. The van der Waals surface area contributed by atoms with Crippen LogP contribution in [0.2, 0.25) is 5.02 Å². The van der Waals surface area contributed by atoms with E-state index in [1.54, 1.807) is 7.05 Å². The highest BCUT2D eigenvalue weighted by atomic mass is 35.5. The minimum atomic E-state index is -0.753.